The molecule has 1 aliphatic heterocycles. The monoisotopic (exact) mass is 544 g/mol. The molecule has 1 saturated heterocycles. The first-order valence-electron chi connectivity index (χ1n) is 16.2. The van der Waals surface area contributed by atoms with Gasteiger partial charge in [0.15, 0.2) is 6.29 Å². The molecule has 4 fully saturated rings. The Hall–Kier alpha value is -0.720. The second-order valence-electron chi connectivity index (χ2n) is 14.8. The zero-order valence-corrected chi connectivity index (χ0v) is 25.4. The fraction of sp³-hybridized carbons (Fsp3) is 0.882. The fourth-order valence-corrected chi connectivity index (χ4v) is 10.2. The van der Waals surface area contributed by atoms with Crippen molar-refractivity contribution in [3.8, 4) is 0 Å². The maximum atomic E-state index is 10.4. The van der Waals surface area contributed by atoms with Gasteiger partial charge in [-0.2, -0.15) is 0 Å². The Morgan fingerprint density at radius 2 is 1.82 bits per heavy atom. The lowest BCUT2D eigenvalue weighted by molar-refractivity contribution is -0.284. The molecule has 3 N–H and O–H groups in total. The van der Waals surface area contributed by atoms with Crippen LogP contribution < -0.4 is 0 Å². The van der Waals surface area contributed by atoms with Crippen LogP contribution >= 0.6 is 0 Å². The van der Waals surface area contributed by atoms with Crippen molar-refractivity contribution < 1.29 is 24.8 Å². The highest BCUT2D eigenvalue weighted by molar-refractivity contribution is 5.25. The Morgan fingerprint density at radius 1 is 1.05 bits per heavy atom. The molecule has 5 nitrogen and oxygen atoms in total. The van der Waals surface area contributed by atoms with Crippen LogP contribution in [0, 0.1) is 46.3 Å². The van der Waals surface area contributed by atoms with E-state index in [0.717, 1.165) is 48.9 Å². The van der Waals surface area contributed by atoms with Gasteiger partial charge < -0.3 is 24.8 Å². The third-order valence-electron chi connectivity index (χ3n) is 12.6. The summed E-state index contributed by atoms with van der Waals surface area (Å²) in [6.45, 7) is 14.6. The van der Waals surface area contributed by atoms with E-state index in [-0.39, 0.29) is 18.1 Å². The standard InChI is InChI=1S/C34H56O5/c1-7-22(20(2)3)9-8-21(4)26-12-13-27-25-11-10-23-18-24(39-32-31(37)30(36)29(35)19-38-32)14-16-33(23,5)28(25)15-17-34(26,27)6/h7,10,20-21,24-32,35-37H,8-9,11-19H2,1-6H3. The van der Waals surface area contributed by atoms with E-state index < -0.39 is 24.6 Å². The van der Waals surface area contributed by atoms with Crippen LogP contribution in [0.4, 0.5) is 0 Å². The van der Waals surface area contributed by atoms with Crippen LogP contribution in [0.2, 0.25) is 0 Å². The lowest BCUT2D eigenvalue weighted by Crippen LogP contribution is -2.55. The molecule has 5 heteroatoms. The molecular formula is C34H56O5. The van der Waals surface area contributed by atoms with Gasteiger partial charge in [-0.05, 0) is 117 Å². The summed E-state index contributed by atoms with van der Waals surface area (Å²) in [5.41, 5.74) is 3.90. The minimum atomic E-state index is -1.22. The van der Waals surface area contributed by atoms with Crippen molar-refractivity contribution >= 4 is 0 Å². The van der Waals surface area contributed by atoms with E-state index >= 15 is 0 Å². The normalized spacial score (nSPS) is 47.3. The van der Waals surface area contributed by atoms with E-state index in [4.69, 9.17) is 9.47 Å². The predicted octanol–water partition coefficient (Wildman–Crippen LogP) is 6.41. The van der Waals surface area contributed by atoms with Gasteiger partial charge in [-0.15, -0.1) is 0 Å². The van der Waals surface area contributed by atoms with Crippen LogP contribution in [0.25, 0.3) is 0 Å². The maximum Gasteiger partial charge on any atom is 0.186 e. The number of aliphatic hydroxyl groups is 3. The highest BCUT2D eigenvalue weighted by Crippen LogP contribution is 2.67. The van der Waals surface area contributed by atoms with Gasteiger partial charge in [-0.25, -0.2) is 0 Å². The summed E-state index contributed by atoms with van der Waals surface area (Å²) in [5.74, 6) is 4.71. The van der Waals surface area contributed by atoms with Crippen LogP contribution in [0.15, 0.2) is 23.3 Å². The minimum absolute atomic E-state index is 0.00621. The maximum absolute atomic E-state index is 10.4. The Kier molecular flexibility index (Phi) is 8.79. The number of fused-ring (bicyclic) bond motifs is 5. The highest BCUT2D eigenvalue weighted by Gasteiger charge is 2.59. The lowest BCUT2D eigenvalue weighted by Gasteiger charge is -2.58. The number of rotatable bonds is 7. The van der Waals surface area contributed by atoms with E-state index in [2.05, 4.69) is 53.7 Å². The molecular weight excluding hydrogens is 488 g/mol. The number of ether oxygens (including phenoxy) is 2. The van der Waals surface area contributed by atoms with E-state index in [1.807, 2.05) is 0 Å². The molecule has 0 spiro atoms. The Morgan fingerprint density at radius 3 is 2.54 bits per heavy atom. The van der Waals surface area contributed by atoms with E-state index in [0.29, 0.717) is 11.3 Å². The molecule has 0 aromatic rings. The highest BCUT2D eigenvalue weighted by atomic mass is 16.7. The Labute approximate surface area is 237 Å². The summed E-state index contributed by atoms with van der Waals surface area (Å²) in [6, 6.07) is 0. The third-order valence-corrected chi connectivity index (χ3v) is 12.6. The first-order valence-corrected chi connectivity index (χ1v) is 16.2. The molecule has 222 valence electrons. The third kappa shape index (κ3) is 5.33. The number of aliphatic hydroxyl groups excluding tert-OH is 3. The molecule has 3 saturated carbocycles. The zero-order valence-electron chi connectivity index (χ0n) is 25.4. The number of allylic oxidation sites excluding steroid dienone is 3. The summed E-state index contributed by atoms with van der Waals surface area (Å²) in [4.78, 5) is 0. The molecule has 0 radical (unpaired) electrons. The van der Waals surface area contributed by atoms with Gasteiger partial charge in [-0.1, -0.05) is 57.9 Å². The van der Waals surface area contributed by atoms with E-state index in [1.54, 1.807) is 11.1 Å². The quantitative estimate of drug-likeness (QED) is 0.323. The molecule has 39 heavy (non-hydrogen) atoms. The van der Waals surface area contributed by atoms with Gasteiger partial charge in [0.2, 0.25) is 0 Å². The van der Waals surface area contributed by atoms with Crippen LogP contribution in [-0.4, -0.2) is 52.6 Å². The molecule has 5 rings (SSSR count). The van der Waals surface area contributed by atoms with Gasteiger partial charge in [0.25, 0.3) is 0 Å². The van der Waals surface area contributed by atoms with Crippen molar-refractivity contribution in [3.05, 3.63) is 23.3 Å². The van der Waals surface area contributed by atoms with Crippen molar-refractivity contribution in [1.29, 1.82) is 0 Å². The average molecular weight is 545 g/mol. The Balaban J connectivity index is 1.24. The first-order chi connectivity index (χ1) is 18.5. The first kappa shape index (κ1) is 29.8. The predicted molar refractivity (Wildman–Crippen MR) is 155 cm³/mol. The van der Waals surface area contributed by atoms with E-state index in [1.165, 1.54) is 44.9 Å². The van der Waals surface area contributed by atoms with Gasteiger partial charge in [0.1, 0.15) is 18.3 Å². The molecule has 0 bridgehead atoms. The van der Waals surface area contributed by atoms with Gasteiger partial charge in [-0.3, -0.25) is 0 Å². The van der Waals surface area contributed by atoms with Crippen molar-refractivity contribution in [3.63, 3.8) is 0 Å². The van der Waals surface area contributed by atoms with Crippen LogP contribution in [-0.2, 0) is 9.47 Å². The molecule has 0 amide bonds. The van der Waals surface area contributed by atoms with E-state index in [9.17, 15) is 15.3 Å². The largest absolute Gasteiger partial charge is 0.388 e. The van der Waals surface area contributed by atoms with Crippen molar-refractivity contribution in [1.82, 2.24) is 0 Å². The average Bonchev–Trinajstić information content (AvgIpc) is 3.26. The van der Waals surface area contributed by atoms with Gasteiger partial charge in [0, 0.05) is 0 Å². The summed E-state index contributed by atoms with van der Waals surface area (Å²) in [6.07, 6.45) is 12.8. The SMILES string of the molecule is CC=C(CCC(C)C1CCC2C3CC=C4CC(OC5OCC(O)C(O)C5O)CCC4(C)C3CCC12C)C(C)C. The van der Waals surface area contributed by atoms with Crippen LogP contribution in [0.3, 0.4) is 0 Å². The molecule has 0 aromatic heterocycles. The van der Waals surface area contributed by atoms with Gasteiger partial charge in [0.05, 0.1) is 12.7 Å². The summed E-state index contributed by atoms with van der Waals surface area (Å²) < 4.78 is 11.7. The lowest BCUT2D eigenvalue weighted by atomic mass is 9.47. The summed E-state index contributed by atoms with van der Waals surface area (Å²) in [5, 5.41) is 30.2. The van der Waals surface area contributed by atoms with Crippen molar-refractivity contribution in [2.75, 3.05) is 6.61 Å². The second-order valence-corrected chi connectivity index (χ2v) is 14.8. The molecule has 4 aliphatic carbocycles. The molecule has 5 aliphatic rings. The molecule has 12 unspecified atom stereocenters. The molecule has 1 heterocycles. The number of hydrogen-bond acceptors (Lipinski definition) is 5. The fourth-order valence-electron chi connectivity index (χ4n) is 10.2. The Bertz CT molecular complexity index is 927. The summed E-state index contributed by atoms with van der Waals surface area (Å²) >= 11 is 0. The molecule has 0 aromatic carbocycles. The van der Waals surface area contributed by atoms with Crippen molar-refractivity contribution in [2.24, 2.45) is 46.3 Å². The van der Waals surface area contributed by atoms with Gasteiger partial charge >= 0.3 is 0 Å². The number of hydrogen-bond donors (Lipinski definition) is 3. The summed E-state index contributed by atoms with van der Waals surface area (Å²) in [7, 11) is 0. The van der Waals surface area contributed by atoms with Crippen LogP contribution in [0.5, 0.6) is 0 Å². The van der Waals surface area contributed by atoms with Crippen molar-refractivity contribution in [2.45, 2.75) is 136 Å². The smallest absolute Gasteiger partial charge is 0.186 e. The second kappa shape index (κ2) is 11.5. The molecule has 12 atom stereocenters. The zero-order chi connectivity index (χ0) is 28.1. The minimum Gasteiger partial charge on any atom is -0.388 e. The van der Waals surface area contributed by atoms with Crippen LogP contribution in [0.1, 0.15) is 106 Å². The topological polar surface area (TPSA) is 79.2 Å².